The molecule has 1 N–H and O–H groups in total. The fourth-order valence-electron chi connectivity index (χ4n) is 1.42. The van der Waals surface area contributed by atoms with Gasteiger partial charge < -0.3 is 9.88 Å². The van der Waals surface area contributed by atoms with Crippen molar-refractivity contribution in [2.24, 2.45) is 0 Å². The molecule has 3 rings (SSSR count). The van der Waals surface area contributed by atoms with E-state index >= 15 is 0 Å². The lowest BCUT2D eigenvalue weighted by Crippen LogP contribution is -2.04. The maximum Gasteiger partial charge on any atom is 0.245 e. The van der Waals surface area contributed by atoms with Gasteiger partial charge in [-0.2, -0.15) is 0 Å². The fraction of sp³-hybridized carbons (Fsp3) is 0.143. The van der Waals surface area contributed by atoms with Crippen LogP contribution in [0.3, 0.4) is 0 Å². The lowest BCUT2D eigenvalue weighted by atomic mass is 10.4. The van der Waals surface area contributed by atoms with Gasteiger partial charge in [-0.15, -0.1) is 0 Å². The predicted molar refractivity (Wildman–Crippen MR) is 43.1 cm³/mol. The zero-order valence-corrected chi connectivity index (χ0v) is 6.56. The third-order valence-electron chi connectivity index (χ3n) is 1.98. The van der Waals surface area contributed by atoms with Crippen molar-refractivity contribution in [2.45, 2.75) is 6.54 Å². The molecule has 0 aromatic rings. The molecule has 0 unspecified atom stereocenters. The Labute approximate surface area is 73.0 Å². The molecule has 3 aliphatic rings. The molecule has 0 radical (unpaired) electrons. The van der Waals surface area contributed by atoms with Gasteiger partial charge in [0.2, 0.25) is 5.91 Å². The lowest BCUT2D eigenvalue weighted by molar-refractivity contribution is -0.115. The second-order valence-electron chi connectivity index (χ2n) is 2.82. The largest absolute Gasteiger partial charge is 0.309 e. The normalized spacial score (nSPS) is 14.6. The van der Waals surface area contributed by atoms with Crippen LogP contribution in [0.4, 0.5) is 5.82 Å². The van der Waals surface area contributed by atoms with Crippen LogP contribution in [0.5, 0.6) is 0 Å². The van der Waals surface area contributed by atoms with Crippen LogP contribution < -0.4 is 5.32 Å². The number of aromatic nitrogens is 4. The molecule has 0 aromatic heterocycles. The smallest absolute Gasteiger partial charge is 0.245 e. The summed E-state index contributed by atoms with van der Waals surface area (Å²) < 4.78 is 1.72. The molecule has 6 nitrogen and oxygen atoms in total. The molecular weight excluding hydrogens is 170 g/mol. The van der Waals surface area contributed by atoms with Gasteiger partial charge in [-0.3, -0.25) is 4.79 Å². The van der Waals surface area contributed by atoms with Crippen LogP contribution >= 0.6 is 0 Å². The molecule has 0 aliphatic carbocycles. The molecule has 0 aromatic carbocycles. The summed E-state index contributed by atoms with van der Waals surface area (Å²) in [4.78, 5) is 23.1. The van der Waals surface area contributed by atoms with Crippen molar-refractivity contribution in [1.82, 2.24) is 19.5 Å². The van der Waals surface area contributed by atoms with Gasteiger partial charge in [0.15, 0.2) is 11.5 Å². The second-order valence-corrected chi connectivity index (χ2v) is 2.82. The first-order chi connectivity index (χ1) is 6.34. The Morgan fingerprint density at radius 2 is 2.31 bits per heavy atom. The number of amides is 1. The van der Waals surface area contributed by atoms with Crippen LogP contribution in [0.25, 0.3) is 11.5 Å². The topological polar surface area (TPSA) is 72.7 Å². The third kappa shape index (κ3) is 0.765. The van der Waals surface area contributed by atoms with Gasteiger partial charge in [0.05, 0.1) is 6.33 Å². The Morgan fingerprint density at radius 3 is 3.23 bits per heavy atom. The minimum Gasteiger partial charge on any atom is -0.309 e. The third-order valence-corrected chi connectivity index (χ3v) is 1.98. The molecule has 64 valence electrons. The lowest BCUT2D eigenvalue weighted by Gasteiger charge is -2.03. The fourth-order valence-corrected chi connectivity index (χ4v) is 1.42. The molecule has 6 heteroatoms. The molecule has 3 aliphatic heterocycles. The maximum absolute atomic E-state index is 11.1. The average molecular weight is 175 g/mol. The molecule has 0 atom stereocenters. The number of rotatable bonds is 0. The first-order valence-corrected chi connectivity index (χ1v) is 3.80. The minimum atomic E-state index is -0.0442. The highest BCUT2D eigenvalue weighted by Gasteiger charge is 2.23. The predicted octanol–water partition coefficient (Wildman–Crippen LogP) is -0.270. The van der Waals surface area contributed by atoms with Crippen molar-refractivity contribution < 1.29 is 4.79 Å². The standard InChI is InChI=1S/C7H5N5O/c13-4-1-12-3-10-6-5(7(12)11-4)8-2-9-6/h2-3H,1H2,(H,11,13). The first kappa shape index (κ1) is 6.53. The number of nitrogens with zero attached hydrogens (tertiary/aromatic N) is 4. The van der Waals surface area contributed by atoms with Gasteiger partial charge in [-0.1, -0.05) is 0 Å². The van der Waals surface area contributed by atoms with Crippen LogP contribution in [0, 0.1) is 0 Å². The highest BCUT2D eigenvalue weighted by molar-refractivity contribution is 5.96. The second kappa shape index (κ2) is 2.03. The van der Waals surface area contributed by atoms with E-state index in [2.05, 4.69) is 20.3 Å². The Balaban J connectivity index is 2.32. The number of hydrogen-bond acceptors (Lipinski definition) is 4. The Hall–Kier alpha value is -1.98. The van der Waals surface area contributed by atoms with Crippen LogP contribution in [-0.4, -0.2) is 25.4 Å². The Morgan fingerprint density at radius 1 is 1.38 bits per heavy atom. The summed E-state index contributed by atoms with van der Waals surface area (Å²) in [7, 11) is 0. The van der Waals surface area contributed by atoms with E-state index in [0.717, 1.165) is 0 Å². The number of hydrogen-bond donors (Lipinski definition) is 1. The Bertz CT molecular complexity index is 462. The molecular formula is C7H5N5O. The minimum absolute atomic E-state index is 0.0442. The average Bonchev–Trinajstić information content (AvgIpc) is 2.65. The van der Waals surface area contributed by atoms with Crippen molar-refractivity contribution in [1.29, 1.82) is 0 Å². The van der Waals surface area contributed by atoms with Gasteiger partial charge in [-0.05, 0) is 0 Å². The number of nitrogens with one attached hydrogen (secondary N) is 1. The van der Waals surface area contributed by atoms with Crippen molar-refractivity contribution in [3.05, 3.63) is 12.7 Å². The van der Waals surface area contributed by atoms with Gasteiger partial charge in [0.25, 0.3) is 0 Å². The van der Waals surface area contributed by atoms with Crippen molar-refractivity contribution in [2.75, 3.05) is 5.32 Å². The van der Waals surface area contributed by atoms with Crippen LogP contribution in [0.15, 0.2) is 12.7 Å². The van der Waals surface area contributed by atoms with Crippen molar-refractivity contribution in [3.8, 4) is 11.5 Å². The summed E-state index contributed by atoms with van der Waals surface area (Å²) in [6, 6.07) is 0. The van der Waals surface area contributed by atoms with Gasteiger partial charge in [0, 0.05) is 0 Å². The number of anilines is 1. The molecule has 13 heavy (non-hydrogen) atoms. The van der Waals surface area contributed by atoms with Crippen molar-refractivity contribution >= 4 is 11.7 Å². The highest BCUT2D eigenvalue weighted by Crippen LogP contribution is 2.26. The van der Waals surface area contributed by atoms with Crippen LogP contribution in [0.1, 0.15) is 0 Å². The monoisotopic (exact) mass is 175 g/mol. The zero-order chi connectivity index (χ0) is 8.84. The van der Waals surface area contributed by atoms with E-state index < -0.39 is 0 Å². The molecule has 0 fully saturated rings. The van der Waals surface area contributed by atoms with Gasteiger partial charge in [0.1, 0.15) is 18.7 Å². The summed E-state index contributed by atoms with van der Waals surface area (Å²) >= 11 is 0. The van der Waals surface area contributed by atoms with Gasteiger partial charge in [-0.25, -0.2) is 15.0 Å². The number of imidazole rings is 1. The molecule has 0 saturated carbocycles. The number of carbonyl (C=O) groups excluding carboxylic acids is 1. The quantitative estimate of drug-likeness (QED) is 0.598. The van der Waals surface area contributed by atoms with E-state index in [-0.39, 0.29) is 5.91 Å². The summed E-state index contributed by atoms with van der Waals surface area (Å²) in [5, 5.41) is 2.71. The van der Waals surface area contributed by atoms with Crippen LogP contribution in [0.2, 0.25) is 0 Å². The van der Waals surface area contributed by atoms with E-state index in [1.807, 2.05) is 0 Å². The summed E-state index contributed by atoms with van der Waals surface area (Å²) in [6.07, 6.45) is 3.02. The van der Waals surface area contributed by atoms with Gasteiger partial charge >= 0.3 is 0 Å². The number of carbonyl (C=O) groups is 1. The first-order valence-electron chi connectivity index (χ1n) is 3.80. The van der Waals surface area contributed by atoms with E-state index in [9.17, 15) is 4.79 Å². The number of fused-ring (bicyclic) bond motifs is 3. The van der Waals surface area contributed by atoms with E-state index in [4.69, 9.17) is 0 Å². The highest BCUT2D eigenvalue weighted by atomic mass is 16.2. The van der Waals surface area contributed by atoms with E-state index in [1.54, 1.807) is 10.9 Å². The molecule has 0 spiro atoms. The molecule has 3 heterocycles. The zero-order valence-electron chi connectivity index (χ0n) is 6.56. The van der Waals surface area contributed by atoms with E-state index in [1.165, 1.54) is 6.33 Å². The Kier molecular flexibility index (Phi) is 1.02. The molecule has 0 bridgehead atoms. The summed E-state index contributed by atoms with van der Waals surface area (Å²) in [5.74, 6) is 1.21. The molecule has 0 saturated heterocycles. The SMILES string of the molecule is O=C1Cn2cnc3ncnc-3c2N1. The van der Waals surface area contributed by atoms with E-state index in [0.29, 0.717) is 23.9 Å². The van der Waals surface area contributed by atoms with Crippen molar-refractivity contribution in [3.63, 3.8) is 0 Å². The summed E-state index contributed by atoms with van der Waals surface area (Å²) in [6.45, 7) is 0.311. The maximum atomic E-state index is 11.1. The van der Waals surface area contributed by atoms with Crippen LogP contribution in [-0.2, 0) is 11.3 Å². The summed E-state index contributed by atoms with van der Waals surface area (Å²) in [5.41, 5.74) is 0.647. The molecule has 1 amide bonds.